The number of carbonyl (C=O) groups excluding carboxylic acids is 1. The van der Waals surface area contributed by atoms with Crippen LogP contribution in [0.2, 0.25) is 0 Å². The number of benzene rings is 1. The predicted octanol–water partition coefficient (Wildman–Crippen LogP) is 0.719. The molecule has 1 spiro atoms. The number of carbonyl (C=O) groups is 1. The Balaban J connectivity index is 1.48. The van der Waals surface area contributed by atoms with E-state index in [-0.39, 0.29) is 31.3 Å². The number of amides is 1. The first-order valence-electron chi connectivity index (χ1n) is 10.8. The van der Waals surface area contributed by atoms with E-state index in [2.05, 4.69) is 0 Å². The number of morpholine rings is 1. The minimum Gasteiger partial charge on any atom is -0.377 e. The molecule has 1 amide bonds. The summed E-state index contributed by atoms with van der Waals surface area (Å²) in [6, 6.07) is 9.22. The van der Waals surface area contributed by atoms with Gasteiger partial charge in [0.1, 0.15) is 18.8 Å². The summed E-state index contributed by atoms with van der Waals surface area (Å²) >= 11 is 0. The summed E-state index contributed by atoms with van der Waals surface area (Å²) < 4.78 is 40.9. The summed E-state index contributed by atoms with van der Waals surface area (Å²) in [6.45, 7) is 4.88. The Labute approximate surface area is 182 Å². The van der Waals surface area contributed by atoms with Gasteiger partial charge in [0.05, 0.1) is 66.0 Å². The zero-order valence-electron chi connectivity index (χ0n) is 17.7. The van der Waals surface area contributed by atoms with Gasteiger partial charge in [0, 0.05) is 12.1 Å². The summed E-state index contributed by atoms with van der Waals surface area (Å²) in [6.07, 6.45) is -0.634. The zero-order chi connectivity index (χ0) is 21.4. The number of fused-ring (bicyclic) bond motifs is 2. The second kappa shape index (κ2) is 11.3. The first-order valence-corrected chi connectivity index (χ1v) is 10.8. The molecule has 3 aliphatic rings. The fourth-order valence-corrected chi connectivity index (χ4v) is 3.92. The molecular weight excluding hydrogens is 406 g/mol. The molecule has 3 saturated heterocycles. The maximum atomic E-state index is 13.2. The lowest BCUT2D eigenvalue weighted by atomic mass is 10.1. The van der Waals surface area contributed by atoms with Gasteiger partial charge in [0.15, 0.2) is 0 Å². The third-order valence-electron chi connectivity index (χ3n) is 5.28. The molecule has 3 heterocycles. The minimum atomic E-state index is -1.05. The van der Waals surface area contributed by atoms with Crippen LogP contribution >= 0.6 is 0 Å². The van der Waals surface area contributed by atoms with Gasteiger partial charge in [-0.1, -0.05) is 18.2 Å². The molecule has 9 nitrogen and oxygen atoms in total. The van der Waals surface area contributed by atoms with E-state index in [0.717, 1.165) is 0 Å². The first kappa shape index (κ1) is 22.6. The molecule has 3 aliphatic heterocycles. The second-order valence-corrected chi connectivity index (χ2v) is 7.83. The molecular formula is C22H31NO8. The number of rotatable bonds is 1. The van der Waals surface area contributed by atoms with Crippen molar-refractivity contribution in [1.82, 2.24) is 4.90 Å². The molecule has 3 atom stereocenters. The highest BCUT2D eigenvalue weighted by molar-refractivity contribution is 5.94. The van der Waals surface area contributed by atoms with E-state index >= 15 is 0 Å². The lowest BCUT2D eigenvalue weighted by Crippen LogP contribution is -2.64. The molecule has 3 unspecified atom stereocenters. The van der Waals surface area contributed by atoms with Crippen LogP contribution in [-0.4, -0.2) is 108 Å². The van der Waals surface area contributed by atoms with Crippen LogP contribution in [0, 0.1) is 0 Å². The highest BCUT2D eigenvalue weighted by Gasteiger charge is 2.47. The molecule has 0 aliphatic carbocycles. The zero-order valence-corrected chi connectivity index (χ0v) is 17.7. The standard InChI is InChI=1S/C22H31NO8/c24-21(18-4-2-1-3-5-18)23-12-19-13-27-10-8-25-6-7-26-9-11-28-14-20-15-29-17-22(16-23,30-19)31-20/h1-5,19-20H,6-17H2. The lowest BCUT2D eigenvalue weighted by Gasteiger charge is -2.48. The van der Waals surface area contributed by atoms with E-state index in [9.17, 15) is 4.79 Å². The van der Waals surface area contributed by atoms with Crippen molar-refractivity contribution in [3.8, 4) is 0 Å². The molecule has 3 bridgehead atoms. The van der Waals surface area contributed by atoms with E-state index in [1.54, 1.807) is 4.90 Å². The van der Waals surface area contributed by atoms with Crippen LogP contribution in [0.15, 0.2) is 30.3 Å². The van der Waals surface area contributed by atoms with Crippen molar-refractivity contribution >= 4 is 5.91 Å². The van der Waals surface area contributed by atoms with Crippen LogP contribution in [0.1, 0.15) is 10.4 Å². The van der Waals surface area contributed by atoms with Crippen molar-refractivity contribution in [1.29, 1.82) is 0 Å². The van der Waals surface area contributed by atoms with E-state index in [0.29, 0.717) is 71.6 Å². The molecule has 1 aromatic carbocycles. The van der Waals surface area contributed by atoms with E-state index in [1.165, 1.54) is 0 Å². The molecule has 0 saturated carbocycles. The largest absolute Gasteiger partial charge is 0.377 e. The third kappa shape index (κ3) is 6.45. The maximum Gasteiger partial charge on any atom is 0.254 e. The minimum absolute atomic E-state index is 0.0679. The Morgan fingerprint density at radius 3 is 2.06 bits per heavy atom. The van der Waals surface area contributed by atoms with Crippen molar-refractivity contribution in [2.45, 2.75) is 18.0 Å². The van der Waals surface area contributed by atoms with Crippen molar-refractivity contribution in [2.75, 3.05) is 79.2 Å². The molecule has 0 N–H and O–H groups in total. The van der Waals surface area contributed by atoms with Crippen LogP contribution in [-0.2, 0) is 33.2 Å². The molecule has 172 valence electrons. The summed E-state index contributed by atoms with van der Waals surface area (Å²) in [4.78, 5) is 14.9. The molecule has 0 aromatic heterocycles. The average Bonchev–Trinajstić information content (AvgIpc) is 2.79. The van der Waals surface area contributed by atoms with Gasteiger partial charge in [-0.05, 0) is 12.1 Å². The van der Waals surface area contributed by atoms with E-state index < -0.39 is 5.79 Å². The fourth-order valence-electron chi connectivity index (χ4n) is 3.92. The smallest absolute Gasteiger partial charge is 0.254 e. The van der Waals surface area contributed by atoms with Gasteiger partial charge in [-0.25, -0.2) is 0 Å². The van der Waals surface area contributed by atoms with Crippen LogP contribution in [0.25, 0.3) is 0 Å². The summed E-state index contributed by atoms with van der Waals surface area (Å²) in [5.74, 6) is -1.12. The van der Waals surface area contributed by atoms with Crippen LogP contribution in [0.3, 0.4) is 0 Å². The number of hydrogen-bond donors (Lipinski definition) is 0. The quantitative estimate of drug-likeness (QED) is 0.636. The molecule has 0 radical (unpaired) electrons. The Kier molecular flexibility index (Phi) is 8.26. The lowest BCUT2D eigenvalue weighted by molar-refractivity contribution is -0.355. The molecule has 9 heteroatoms. The molecule has 3 fully saturated rings. The topological polar surface area (TPSA) is 84.9 Å². The van der Waals surface area contributed by atoms with Gasteiger partial charge in [-0.3, -0.25) is 4.79 Å². The van der Waals surface area contributed by atoms with Gasteiger partial charge in [-0.2, -0.15) is 0 Å². The Morgan fingerprint density at radius 1 is 0.774 bits per heavy atom. The Morgan fingerprint density at radius 2 is 1.35 bits per heavy atom. The van der Waals surface area contributed by atoms with Gasteiger partial charge in [0.2, 0.25) is 5.79 Å². The Bertz CT molecular complexity index is 685. The predicted molar refractivity (Wildman–Crippen MR) is 109 cm³/mol. The van der Waals surface area contributed by atoms with Gasteiger partial charge >= 0.3 is 0 Å². The maximum absolute atomic E-state index is 13.2. The SMILES string of the molecule is O=C(c1ccccc1)N1CC2COCCOCCOCCOCC3COCC(C1)(O3)O2. The normalized spacial score (nSPS) is 31.5. The molecule has 4 rings (SSSR count). The summed E-state index contributed by atoms with van der Waals surface area (Å²) in [5.41, 5.74) is 0.627. The number of ether oxygens (including phenoxy) is 7. The molecule has 1 aromatic rings. The van der Waals surface area contributed by atoms with Crippen LogP contribution in [0.5, 0.6) is 0 Å². The van der Waals surface area contributed by atoms with Gasteiger partial charge in [0.25, 0.3) is 5.91 Å². The number of nitrogens with zero attached hydrogens (tertiary/aromatic N) is 1. The monoisotopic (exact) mass is 437 g/mol. The third-order valence-corrected chi connectivity index (χ3v) is 5.28. The first-order chi connectivity index (χ1) is 15.2. The van der Waals surface area contributed by atoms with E-state index in [4.69, 9.17) is 33.2 Å². The highest BCUT2D eigenvalue weighted by atomic mass is 16.8. The summed E-state index contributed by atoms with van der Waals surface area (Å²) in [7, 11) is 0. The van der Waals surface area contributed by atoms with Crippen molar-refractivity contribution < 1.29 is 38.0 Å². The Hall–Kier alpha value is -1.59. The second-order valence-electron chi connectivity index (χ2n) is 7.83. The average molecular weight is 437 g/mol. The summed E-state index contributed by atoms with van der Waals surface area (Å²) in [5, 5.41) is 0. The fraction of sp³-hybridized carbons (Fsp3) is 0.682. The van der Waals surface area contributed by atoms with Gasteiger partial charge in [-0.15, -0.1) is 0 Å². The van der Waals surface area contributed by atoms with Crippen molar-refractivity contribution in [2.24, 2.45) is 0 Å². The van der Waals surface area contributed by atoms with Gasteiger partial charge < -0.3 is 38.1 Å². The van der Waals surface area contributed by atoms with E-state index in [1.807, 2.05) is 30.3 Å². The number of hydrogen-bond acceptors (Lipinski definition) is 8. The van der Waals surface area contributed by atoms with Crippen LogP contribution in [0.4, 0.5) is 0 Å². The van der Waals surface area contributed by atoms with Crippen LogP contribution < -0.4 is 0 Å². The highest BCUT2D eigenvalue weighted by Crippen LogP contribution is 2.30. The van der Waals surface area contributed by atoms with Crippen molar-refractivity contribution in [3.05, 3.63) is 35.9 Å². The van der Waals surface area contributed by atoms with Crippen molar-refractivity contribution in [3.63, 3.8) is 0 Å². The molecule has 31 heavy (non-hydrogen) atoms.